The van der Waals surface area contributed by atoms with E-state index in [1.165, 1.54) is 16.3 Å². The van der Waals surface area contributed by atoms with Crippen LogP contribution in [0.15, 0.2) is 66.7 Å². The van der Waals surface area contributed by atoms with Crippen LogP contribution in [0, 0.1) is 0 Å². The van der Waals surface area contributed by atoms with Crippen LogP contribution >= 0.6 is 11.6 Å². The molecular formula is C23H23ClN2O2. The van der Waals surface area contributed by atoms with Crippen molar-refractivity contribution in [3.05, 3.63) is 82.9 Å². The number of hydrogen-bond acceptors (Lipinski definition) is 3. The normalized spacial score (nSPS) is 16.0. The summed E-state index contributed by atoms with van der Waals surface area (Å²) in [5.74, 6) is -0.0878. The van der Waals surface area contributed by atoms with E-state index >= 15 is 0 Å². The van der Waals surface area contributed by atoms with Gasteiger partial charge in [0.05, 0.1) is 19.3 Å². The minimum Gasteiger partial charge on any atom is -0.379 e. The summed E-state index contributed by atoms with van der Waals surface area (Å²) in [6.45, 7) is 3.67. The van der Waals surface area contributed by atoms with Crippen molar-refractivity contribution in [1.82, 2.24) is 10.2 Å². The molecule has 3 aromatic carbocycles. The Morgan fingerprint density at radius 3 is 2.50 bits per heavy atom. The summed E-state index contributed by atoms with van der Waals surface area (Å²) in [6, 6.07) is 21.8. The van der Waals surface area contributed by atoms with Crippen LogP contribution in [0.1, 0.15) is 22.0 Å². The number of amides is 1. The molecule has 1 amide bonds. The van der Waals surface area contributed by atoms with Gasteiger partial charge in [0.2, 0.25) is 0 Å². The number of rotatable bonds is 5. The molecule has 1 N–H and O–H groups in total. The third kappa shape index (κ3) is 4.20. The van der Waals surface area contributed by atoms with Crippen LogP contribution in [-0.2, 0) is 4.74 Å². The van der Waals surface area contributed by atoms with Crippen LogP contribution in [-0.4, -0.2) is 43.7 Å². The van der Waals surface area contributed by atoms with Crippen molar-refractivity contribution in [1.29, 1.82) is 0 Å². The van der Waals surface area contributed by atoms with Crippen molar-refractivity contribution in [2.75, 3.05) is 32.8 Å². The van der Waals surface area contributed by atoms with Gasteiger partial charge in [-0.1, -0.05) is 54.1 Å². The van der Waals surface area contributed by atoms with E-state index in [0.29, 0.717) is 30.3 Å². The molecule has 1 unspecified atom stereocenters. The molecule has 1 saturated heterocycles. The largest absolute Gasteiger partial charge is 0.379 e. The van der Waals surface area contributed by atoms with Gasteiger partial charge in [0.25, 0.3) is 5.91 Å². The van der Waals surface area contributed by atoms with E-state index in [2.05, 4.69) is 52.7 Å². The molecule has 0 radical (unpaired) electrons. The molecule has 5 heteroatoms. The van der Waals surface area contributed by atoms with Crippen LogP contribution < -0.4 is 5.32 Å². The first kappa shape index (κ1) is 18.9. The predicted molar refractivity (Wildman–Crippen MR) is 113 cm³/mol. The predicted octanol–water partition coefficient (Wildman–Crippen LogP) is 4.30. The van der Waals surface area contributed by atoms with Crippen LogP contribution in [0.3, 0.4) is 0 Å². The van der Waals surface area contributed by atoms with Gasteiger partial charge in [-0.05, 0) is 40.6 Å². The minimum absolute atomic E-state index is 0.0878. The fourth-order valence-electron chi connectivity index (χ4n) is 3.76. The third-order valence-corrected chi connectivity index (χ3v) is 5.48. The first-order chi connectivity index (χ1) is 13.7. The summed E-state index contributed by atoms with van der Waals surface area (Å²) in [4.78, 5) is 15.0. The second kappa shape index (κ2) is 8.74. The van der Waals surface area contributed by atoms with Gasteiger partial charge in [0.15, 0.2) is 0 Å². The number of nitrogens with zero attached hydrogens (tertiary/aromatic N) is 1. The molecule has 0 bridgehead atoms. The maximum Gasteiger partial charge on any atom is 0.251 e. The van der Waals surface area contributed by atoms with Crippen molar-refractivity contribution in [3.63, 3.8) is 0 Å². The smallest absolute Gasteiger partial charge is 0.251 e. The van der Waals surface area contributed by atoms with Crippen LogP contribution in [0.2, 0.25) is 5.02 Å². The minimum atomic E-state index is -0.0878. The van der Waals surface area contributed by atoms with Gasteiger partial charge in [0, 0.05) is 30.2 Å². The second-order valence-corrected chi connectivity index (χ2v) is 7.39. The maximum absolute atomic E-state index is 12.6. The van der Waals surface area contributed by atoms with E-state index in [-0.39, 0.29) is 11.9 Å². The summed E-state index contributed by atoms with van der Waals surface area (Å²) >= 11 is 5.93. The molecule has 1 fully saturated rings. The molecular weight excluding hydrogens is 372 g/mol. The zero-order valence-electron chi connectivity index (χ0n) is 15.6. The topological polar surface area (TPSA) is 41.6 Å². The Morgan fingerprint density at radius 1 is 1.00 bits per heavy atom. The summed E-state index contributed by atoms with van der Waals surface area (Å²) in [5.41, 5.74) is 1.85. The Labute approximate surface area is 170 Å². The van der Waals surface area contributed by atoms with Gasteiger partial charge in [-0.15, -0.1) is 0 Å². The monoisotopic (exact) mass is 394 g/mol. The second-order valence-electron chi connectivity index (χ2n) is 6.95. The van der Waals surface area contributed by atoms with Gasteiger partial charge in [0.1, 0.15) is 0 Å². The number of carbonyl (C=O) groups is 1. The lowest BCUT2D eigenvalue weighted by molar-refractivity contribution is 0.0165. The lowest BCUT2D eigenvalue weighted by atomic mass is 9.97. The highest BCUT2D eigenvalue weighted by Gasteiger charge is 2.24. The van der Waals surface area contributed by atoms with Crippen LogP contribution in [0.25, 0.3) is 10.8 Å². The molecule has 0 aromatic heterocycles. The number of fused-ring (bicyclic) bond motifs is 1. The first-order valence-electron chi connectivity index (χ1n) is 9.55. The van der Waals surface area contributed by atoms with Crippen molar-refractivity contribution in [2.45, 2.75) is 6.04 Å². The number of carbonyl (C=O) groups excluding carboxylic acids is 1. The van der Waals surface area contributed by atoms with Crippen molar-refractivity contribution >= 4 is 28.3 Å². The van der Waals surface area contributed by atoms with E-state index in [1.807, 2.05) is 0 Å². The fraction of sp³-hybridized carbons (Fsp3) is 0.261. The number of nitrogens with one attached hydrogen (secondary N) is 1. The van der Waals surface area contributed by atoms with Crippen molar-refractivity contribution in [2.24, 2.45) is 0 Å². The van der Waals surface area contributed by atoms with Gasteiger partial charge in [-0.25, -0.2) is 0 Å². The third-order valence-electron chi connectivity index (χ3n) is 5.23. The molecule has 1 heterocycles. The molecule has 1 aliphatic rings. The number of halogens is 1. The SMILES string of the molecule is O=C(NCC(c1cccc2ccccc12)N1CCOCC1)c1ccc(Cl)cc1. The van der Waals surface area contributed by atoms with Crippen LogP contribution in [0.5, 0.6) is 0 Å². The fourth-order valence-corrected chi connectivity index (χ4v) is 3.88. The zero-order valence-corrected chi connectivity index (χ0v) is 16.4. The number of benzene rings is 3. The van der Waals surface area contributed by atoms with Crippen molar-refractivity contribution < 1.29 is 9.53 Å². The van der Waals surface area contributed by atoms with Gasteiger partial charge < -0.3 is 10.1 Å². The van der Waals surface area contributed by atoms with E-state index in [0.717, 1.165) is 13.1 Å². The summed E-state index contributed by atoms with van der Waals surface area (Å²) in [7, 11) is 0. The molecule has 0 spiro atoms. The Hall–Kier alpha value is -2.40. The quantitative estimate of drug-likeness (QED) is 0.701. The Morgan fingerprint density at radius 2 is 1.71 bits per heavy atom. The van der Waals surface area contributed by atoms with Gasteiger partial charge in [-0.3, -0.25) is 9.69 Å². The number of morpholine rings is 1. The molecule has 4 nitrogen and oxygen atoms in total. The molecule has 28 heavy (non-hydrogen) atoms. The highest BCUT2D eigenvalue weighted by Crippen LogP contribution is 2.28. The molecule has 4 rings (SSSR count). The van der Waals surface area contributed by atoms with Gasteiger partial charge >= 0.3 is 0 Å². The summed E-state index contributed by atoms with van der Waals surface area (Å²) in [5, 5.41) is 6.17. The van der Waals surface area contributed by atoms with E-state index in [9.17, 15) is 4.79 Å². The Bertz CT molecular complexity index is 947. The highest BCUT2D eigenvalue weighted by molar-refractivity contribution is 6.30. The molecule has 0 saturated carbocycles. The molecule has 144 valence electrons. The lowest BCUT2D eigenvalue weighted by Gasteiger charge is -2.35. The van der Waals surface area contributed by atoms with Crippen molar-refractivity contribution in [3.8, 4) is 0 Å². The molecule has 1 atom stereocenters. The summed E-state index contributed by atoms with van der Waals surface area (Å²) < 4.78 is 5.54. The average Bonchev–Trinajstić information content (AvgIpc) is 2.75. The molecule has 0 aliphatic carbocycles. The lowest BCUT2D eigenvalue weighted by Crippen LogP contribution is -2.43. The van der Waals surface area contributed by atoms with Crippen LogP contribution in [0.4, 0.5) is 0 Å². The van der Waals surface area contributed by atoms with Gasteiger partial charge in [-0.2, -0.15) is 0 Å². The maximum atomic E-state index is 12.6. The molecule has 1 aliphatic heterocycles. The number of hydrogen-bond donors (Lipinski definition) is 1. The first-order valence-corrected chi connectivity index (χ1v) is 9.93. The molecule has 3 aromatic rings. The van der Waals surface area contributed by atoms with E-state index < -0.39 is 0 Å². The zero-order chi connectivity index (χ0) is 19.3. The highest BCUT2D eigenvalue weighted by atomic mass is 35.5. The number of ether oxygens (including phenoxy) is 1. The Balaban J connectivity index is 1.60. The van der Waals surface area contributed by atoms with E-state index in [1.54, 1.807) is 24.3 Å². The van der Waals surface area contributed by atoms with E-state index in [4.69, 9.17) is 16.3 Å². The average molecular weight is 395 g/mol. The summed E-state index contributed by atoms with van der Waals surface area (Å²) in [6.07, 6.45) is 0. The standard InChI is InChI=1S/C23H23ClN2O2/c24-19-10-8-18(9-11-19)23(27)25-16-22(26-12-14-28-15-13-26)21-7-3-5-17-4-1-2-6-20(17)21/h1-11,22H,12-16H2,(H,25,27). The Kier molecular flexibility index (Phi) is 5.91.